The predicted octanol–water partition coefficient (Wildman–Crippen LogP) is 2.95. The minimum Gasteiger partial charge on any atom is -0.271 e. The summed E-state index contributed by atoms with van der Waals surface area (Å²) in [6.07, 6.45) is 2.58. The van der Waals surface area contributed by atoms with Gasteiger partial charge in [0.25, 0.3) is 5.91 Å². The molecule has 1 atom stereocenters. The van der Waals surface area contributed by atoms with Crippen LogP contribution in [0.3, 0.4) is 0 Å². The van der Waals surface area contributed by atoms with Gasteiger partial charge in [-0.25, -0.2) is 13.8 Å². The van der Waals surface area contributed by atoms with Crippen molar-refractivity contribution in [2.75, 3.05) is 6.54 Å². The number of aryl methyl sites for hydroxylation is 1. The number of sulfonamides is 1. The second kappa shape index (κ2) is 8.21. The van der Waals surface area contributed by atoms with Crippen molar-refractivity contribution in [1.29, 1.82) is 0 Å². The summed E-state index contributed by atoms with van der Waals surface area (Å²) in [4.78, 5) is 12.7. The molecular formula is C19H20ClN3O3S. The first-order valence-corrected chi connectivity index (χ1v) is 10.4. The zero-order valence-corrected chi connectivity index (χ0v) is 16.4. The van der Waals surface area contributed by atoms with Crippen LogP contribution in [0.4, 0.5) is 0 Å². The first-order valence-electron chi connectivity index (χ1n) is 8.55. The minimum absolute atomic E-state index is 0.192. The molecule has 0 spiro atoms. The van der Waals surface area contributed by atoms with Crippen LogP contribution < -0.4 is 5.43 Å². The molecule has 1 N–H and O–H groups in total. The highest BCUT2D eigenvalue weighted by Crippen LogP contribution is 2.26. The van der Waals surface area contributed by atoms with Gasteiger partial charge in [-0.3, -0.25) is 4.79 Å². The summed E-state index contributed by atoms with van der Waals surface area (Å²) in [5, 5.41) is 4.54. The van der Waals surface area contributed by atoms with Gasteiger partial charge in [0.05, 0.1) is 11.1 Å². The summed E-state index contributed by atoms with van der Waals surface area (Å²) in [6, 6.07) is 12.8. The standard InChI is InChI=1S/C19H20ClN3O3S/c1-14-4-10-17(11-5-14)27(25,26)23-12-2-3-18(23)19(24)22-21-13-15-6-8-16(20)9-7-15/h4-11,13,18H,2-3,12H2,1H3,(H,22,24)/b21-13-/t18-/m1/s1. The molecule has 1 aliphatic rings. The van der Waals surface area contributed by atoms with Gasteiger partial charge in [0.2, 0.25) is 10.0 Å². The van der Waals surface area contributed by atoms with Crippen LogP contribution >= 0.6 is 11.6 Å². The smallest absolute Gasteiger partial charge is 0.258 e. The van der Waals surface area contributed by atoms with Crippen molar-refractivity contribution in [2.24, 2.45) is 5.10 Å². The maximum Gasteiger partial charge on any atom is 0.258 e. The number of hydrogen-bond acceptors (Lipinski definition) is 4. The minimum atomic E-state index is -3.73. The van der Waals surface area contributed by atoms with Crippen molar-refractivity contribution < 1.29 is 13.2 Å². The molecular weight excluding hydrogens is 386 g/mol. The van der Waals surface area contributed by atoms with Crippen molar-refractivity contribution in [3.8, 4) is 0 Å². The fourth-order valence-corrected chi connectivity index (χ4v) is 4.71. The molecule has 2 aromatic carbocycles. The molecule has 0 bridgehead atoms. The maximum atomic E-state index is 12.9. The summed E-state index contributed by atoms with van der Waals surface area (Å²) < 4.78 is 27.0. The van der Waals surface area contributed by atoms with Gasteiger partial charge in [-0.2, -0.15) is 9.41 Å². The zero-order valence-electron chi connectivity index (χ0n) is 14.8. The van der Waals surface area contributed by atoms with E-state index in [4.69, 9.17) is 11.6 Å². The summed E-state index contributed by atoms with van der Waals surface area (Å²) >= 11 is 5.82. The van der Waals surface area contributed by atoms with E-state index in [0.29, 0.717) is 24.4 Å². The van der Waals surface area contributed by atoms with Gasteiger partial charge in [-0.1, -0.05) is 41.4 Å². The molecule has 1 heterocycles. The predicted molar refractivity (Wildman–Crippen MR) is 105 cm³/mol. The van der Waals surface area contributed by atoms with Gasteiger partial charge < -0.3 is 0 Å². The third kappa shape index (κ3) is 4.55. The molecule has 1 amide bonds. The number of carbonyl (C=O) groups is 1. The fourth-order valence-electron chi connectivity index (χ4n) is 2.93. The van der Waals surface area contributed by atoms with Gasteiger partial charge in [0.15, 0.2) is 0 Å². The molecule has 6 nitrogen and oxygen atoms in total. The Hall–Kier alpha value is -2.22. The lowest BCUT2D eigenvalue weighted by atomic mass is 10.2. The van der Waals surface area contributed by atoms with Crippen LogP contribution in [0.15, 0.2) is 58.5 Å². The fraction of sp³-hybridized carbons (Fsp3) is 0.263. The van der Waals surface area contributed by atoms with E-state index in [9.17, 15) is 13.2 Å². The van der Waals surface area contributed by atoms with E-state index in [1.54, 1.807) is 48.5 Å². The Bertz CT molecular complexity index is 941. The highest BCUT2D eigenvalue weighted by molar-refractivity contribution is 7.89. The lowest BCUT2D eigenvalue weighted by molar-refractivity contribution is -0.124. The van der Waals surface area contributed by atoms with Gasteiger partial charge in [0.1, 0.15) is 6.04 Å². The lowest BCUT2D eigenvalue weighted by Crippen LogP contribution is -2.44. The van der Waals surface area contributed by atoms with Gasteiger partial charge >= 0.3 is 0 Å². The van der Waals surface area contributed by atoms with Crippen LogP contribution in [0.2, 0.25) is 5.02 Å². The Morgan fingerprint density at radius 1 is 1.19 bits per heavy atom. The van der Waals surface area contributed by atoms with Crippen LogP contribution in [0.25, 0.3) is 0 Å². The van der Waals surface area contributed by atoms with E-state index in [1.807, 2.05) is 6.92 Å². The molecule has 0 saturated carbocycles. The van der Waals surface area contributed by atoms with E-state index in [-0.39, 0.29) is 4.90 Å². The Morgan fingerprint density at radius 3 is 2.52 bits per heavy atom. The number of nitrogens with one attached hydrogen (secondary N) is 1. The van der Waals surface area contributed by atoms with Crippen molar-refractivity contribution >= 4 is 33.7 Å². The van der Waals surface area contributed by atoms with Crippen molar-refractivity contribution in [3.05, 3.63) is 64.7 Å². The summed E-state index contributed by atoms with van der Waals surface area (Å²) in [5.41, 5.74) is 4.19. The Labute approximate surface area is 163 Å². The number of rotatable bonds is 5. The number of benzene rings is 2. The third-order valence-electron chi connectivity index (χ3n) is 4.39. The average molecular weight is 406 g/mol. The second-order valence-corrected chi connectivity index (χ2v) is 8.70. The summed E-state index contributed by atoms with van der Waals surface area (Å²) in [7, 11) is -3.73. The highest BCUT2D eigenvalue weighted by atomic mass is 35.5. The maximum absolute atomic E-state index is 12.9. The quantitative estimate of drug-likeness (QED) is 0.613. The van der Waals surface area contributed by atoms with E-state index in [1.165, 1.54) is 10.5 Å². The number of nitrogens with zero attached hydrogens (tertiary/aromatic N) is 2. The topological polar surface area (TPSA) is 78.8 Å². The number of carbonyl (C=O) groups excluding carboxylic acids is 1. The van der Waals surface area contributed by atoms with Crippen LogP contribution in [0.1, 0.15) is 24.0 Å². The van der Waals surface area contributed by atoms with E-state index < -0.39 is 22.0 Å². The molecule has 0 unspecified atom stereocenters. The largest absolute Gasteiger partial charge is 0.271 e. The Kier molecular flexibility index (Phi) is 5.94. The second-order valence-electron chi connectivity index (χ2n) is 6.37. The molecule has 0 radical (unpaired) electrons. The number of halogens is 1. The SMILES string of the molecule is Cc1ccc(S(=O)(=O)N2CCC[C@@H]2C(=O)N/N=C\c2ccc(Cl)cc2)cc1. The van der Waals surface area contributed by atoms with Gasteiger partial charge in [-0.15, -0.1) is 0 Å². The monoisotopic (exact) mass is 405 g/mol. The zero-order chi connectivity index (χ0) is 19.4. The first-order chi connectivity index (χ1) is 12.9. The van der Waals surface area contributed by atoms with Crippen LogP contribution in [-0.4, -0.2) is 37.4 Å². The molecule has 8 heteroatoms. The van der Waals surface area contributed by atoms with Crippen molar-refractivity contribution in [3.63, 3.8) is 0 Å². The summed E-state index contributed by atoms with van der Waals surface area (Å²) in [6.45, 7) is 2.20. The molecule has 1 aliphatic heterocycles. The van der Waals surface area contributed by atoms with Crippen LogP contribution in [0, 0.1) is 6.92 Å². The van der Waals surface area contributed by atoms with Crippen molar-refractivity contribution in [2.45, 2.75) is 30.7 Å². The van der Waals surface area contributed by atoms with Crippen LogP contribution in [0.5, 0.6) is 0 Å². The number of hydrogen-bond donors (Lipinski definition) is 1. The highest BCUT2D eigenvalue weighted by Gasteiger charge is 2.39. The molecule has 27 heavy (non-hydrogen) atoms. The summed E-state index contributed by atoms with van der Waals surface area (Å²) in [5.74, 6) is -0.437. The molecule has 1 fully saturated rings. The van der Waals surface area contributed by atoms with Gasteiger partial charge in [0, 0.05) is 11.6 Å². The van der Waals surface area contributed by atoms with Gasteiger partial charge in [-0.05, 0) is 49.6 Å². The molecule has 3 rings (SSSR count). The van der Waals surface area contributed by atoms with E-state index in [0.717, 1.165) is 11.1 Å². The molecule has 1 saturated heterocycles. The normalized spacial score (nSPS) is 18.1. The first kappa shape index (κ1) is 19.5. The van der Waals surface area contributed by atoms with E-state index in [2.05, 4.69) is 10.5 Å². The van der Waals surface area contributed by atoms with E-state index >= 15 is 0 Å². The number of amides is 1. The van der Waals surface area contributed by atoms with Crippen LogP contribution in [-0.2, 0) is 14.8 Å². The third-order valence-corrected chi connectivity index (χ3v) is 6.57. The number of hydrazone groups is 1. The van der Waals surface area contributed by atoms with Crippen molar-refractivity contribution in [1.82, 2.24) is 9.73 Å². The Balaban J connectivity index is 1.70. The average Bonchev–Trinajstić information content (AvgIpc) is 3.14. The Morgan fingerprint density at radius 2 is 1.85 bits per heavy atom. The molecule has 142 valence electrons. The molecule has 0 aromatic heterocycles. The molecule has 0 aliphatic carbocycles. The lowest BCUT2D eigenvalue weighted by Gasteiger charge is -2.22. The molecule has 2 aromatic rings.